The van der Waals surface area contributed by atoms with Crippen LogP contribution in [0.5, 0.6) is 5.75 Å². The first-order chi connectivity index (χ1) is 16.3. The molecule has 3 aromatic rings. The van der Waals surface area contributed by atoms with Crippen LogP contribution >= 0.6 is 0 Å². The van der Waals surface area contributed by atoms with E-state index in [1.54, 1.807) is 12.1 Å². The maximum Gasteiger partial charge on any atom is 0.407 e. The molecule has 3 N–H and O–H groups in total. The quantitative estimate of drug-likeness (QED) is 0.267. The Kier molecular flexibility index (Phi) is 6.45. The second-order valence-corrected chi connectivity index (χ2v) is 8.04. The molecule has 0 aromatic heterocycles. The number of carboxylic acid groups (broad SMARTS) is 1. The number of fused-ring (bicyclic) bond motifs is 3. The first kappa shape index (κ1) is 22.8. The third-order valence-corrected chi connectivity index (χ3v) is 5.88. The number of hydrogen-bond donors (Lipinski definition) is 3. The molecule has 1 amide bonds. The zero-order valence-electron chi connectivity index (χ0n) is 18.2. The van der Waals surface area contributed by atoms with Crippen LogP contribution in [0.15, 0.2) is 84.9 Å². The van der Waals surface area contributed by atoms with Crippen LogP contribution in [0, 0.1) is 0 Å². The van der Waals surface area contributed by atoms with Crippen LogP contribution in [-0.2, 0) is 20.7 Å². The van der Waals surface area contributed by atoms with Gasteiger partial charge in [0.1, 0.15) is 12.4 Å². The fraction of sp³-hybridized carbons (Fsp3) is 0.148. The molecule has 0 heterocycles. The van der Waals surface area contributed by atoms with E-state index in [-0.39, 0.29) is 24.7 Å². The Labute approximate surface area is 196 Å². The molecule has 0 spiro atoms. The number of phenolic OH excluding ortho intramolecular Hbond substituents is 1. The van der Waals surface area contributed by atoms with Crippen LogP contribution in [0.1, 0.15) is 22.6 Å². The van der Waals surface area contributed by atoms with Gasteiger partial charge in [-0.15, -0.1) is 0 Å². The zero-order valence-corrected chi connectivity index (χ0v) is 18.2. The molecule has 0 unspecified atom stereocenters. The molecule has 7 heteroatoms. The molecular weight excluding hydrogens is 434 g/mol. The Balaban J connectivity index is 1.48. The third kappa shape index (κ3) is 4.68. The first-order valence-electron chi connectivity index (χ1n) is 10.7. The Bertz CT molecular complexity index is 1220. The minimum Gasteiger partial charge on any atom is -0.508 e. The number of hydrogen-bond acceptors (Lipinski definition) is 5. The lowest BCUT2D eigenvalue weighted by Gasteiger charge is -2.19. The monoisotopic (exact) mass is 457 g/mol. The topological polar surface area (TPSA) is 113 Å². The summed E-state index contributed by atoms with van der Waals surface area (Å²) in [7, 11) is 0. The van der Waals surface area contributed by atoms with Crippen molar-refractivity contribution < 1.29 is 29.3 Å². The molecule has 1 aliphatic carbocycles. The third-order valence-electron chi connectivity index (χ3n) is 5.88. The van der Waals surface area contributed by atoms with Crippen molar-refractivity contribution in [2.75, 3.05) is 6.61 Å². The first-order valence-corrected chi connectivity index (χ1v) is 10.7. The van der Waals surface area contributed by atoms with E-state index in [1.165, 1.54) is 12.1 Å². The van der Waals surface area contributed by atoms with Crippen LogP contribution in [0.3, 0.4) is 0 Å². The fourth-order valence-electron chi connectivity index (χ4n) is 4.18. The molecule has 4 rings (SSSR count). The molecule has 0 saturated carbocycles. The molecule has 1 aliphatic rings. The molecule has 0 radical (unpaired) electrons. The maximum atomic E-state index is 12.7. The smallest absolute Gasteiger partial charge is 0.407 e. The molecule has 34 heavy (non-hydrogen) atoms. The summed E-state index contributed by atoms with van der Waals surface area (Å²) in [5, 5.41) is 21.1. The highest BCUT2D eigenvalue weighted by Gasteiger charge is 2.31. The van der Waals surface area contributed by atoms with Crippen LogP contribution in [0.2, 0.25) is 0 Å². The Morgan fingerprint density at radius 3 is 2.03 bits per heavy atom. The number of alkyl carbamates (subject to hydrolysis) is 1. The molecule has 1 atom stereocenters. The second kappa shape index (κ2) is 9.62. The van der Waals surface area contributed by atoms with Gasteiger partial charge >= 0.3 is 12.1 Å². The van der Waals surface area contributed by atoms with Crippen molar-refractivity contribution in [3.8, 4) is 16.9 Å². The number of Topliss-reactive ketones (excluding diaryl/α,β-unsaturated/α-hetero) is 1. The minimum atomic E-state index is -1.46. The summed E-state index contributed by atoms with van der Waals surface area (Å²) in [4.78, 5) is 36.6. The Hall–Kier alpha value is -4.39. The van der Waals surface area contributed by atoms with Gasteiger partial charge in [-0.2, -0.15) is 0 Å². The van der Waals surface area contributed by atoms with E-state index in [0.29, 0.717) is 5.56 Å². The molecule has 0 saturated heterocycles. The highest BCUT2D eigenvalue weighted by molar-refractivity contribution is 6.18. The SMILES string of the molecule is C=C(C(=O)O)C(=O)[C@H](Cc1ccc(O)cc1)NC(=O)OCC1c2ccccc2-c2ccccc21. The van der Waals surface area contributed by atoms with E-state index >= 15 is 0 Å². The summed E-state index contributed by atoms with van der Waals surface area (Å²) in [6.45, 7) is 3.37. The lowest BCUT2D eigenvalue weighted by molar-refractivity contribution is -0.134. The van der Waals surface area contributed by atoms with Gasteiger partial charge < -0.3 is 20.3 Å². The van der Waals surface area contributed by atoms with Crippen molar-refractivity contribution in [1.29, 1.82) is 0 Å². The lowest BCUT2D eigenvalue weighted by Crippen LogP contribution is -2.44. The summed E-state index contributed by atoms with van der Waals surface area (Å²) in [6.07, 6.45) is -0.826. The van der Waals surface area contributed by atoms with Crippen molar-refractivity contribution in [2.24, 2.45) is 0 Å². The van der Waals surface area contributed by atoms with E-state index in [1.807, 2.05) is 48.5 Å². The molecule has 0 bridgehead atoms. The van der Waals surface area contributed by atoms with Gasteiger partial charge in [0.15, 0.2) is 5.78 Å². The molecule has 0 fully saturated rings. The van der Waals surface area contributed by atoms with Crippen molar-refractivity contribution in [1.82, 2.24) is 5.32 Å². The van der Waals surface area contributed by atoms with Gasteiger partial charge in [-0.25, -0.2) is 9.59 Å². The lowest BCUT2D eigenvalue weighted by atomic mass is 9.98. The maximum absolute atomic E-state index is 12.7. The van der Waals surface area contributed by atoms with Gasteiger partial charge in [-0.05, 0) is 39.9 Å². The van der Waals surface area contributed by atoms with Crippen LogP contribution in [0.4, 0.5) is 4.79 Å². The average Bonchev–Trinajstić information content (AvgIpc) is 3.16. The number of aromatic hydroxyl groups is 1. The van der Waals surface area contributed by atoms with Gasteiger partial charge in [0.25, 0.3) is 0 Å². The van der Waals surface area contributed by atoms with Gasteiger partial charge in [0.05, 0.1) is 11.6 Å². The van der Waals surface area contributed by atoms with Crippen molar-refractivity contribution >= 4 is 17.8 Å². The summed E-state index contributed by atoms with van der Waals surface area (Å²) in [6, 6.07) is 20.7. The van der Waals surface area contributed by atoms with E-state index in [2.05, 4.69) is 11.9 Å². The summed E-state index contributed by atoms with van der Waals surface area (Å²) < 4.78 is 5.50. The van der Waals surface area contributed by atoms with Gasteiger partial charge in [-0.3, -0.25) is 4.79 Å². The normalized spacial score (nSPS) is 12.8. The van der Waals surface area contributed by atoms with E-state index in [4.69, 9.17) is 4.74 Å². The highest BCUT2D eigenvalue weighted by Crippen LogP contribution is 2.44. The number of ether oxygens (including phenoxy) is 1. The molecule has 0 aliphatic heterocycles. The van der Waals surface area contributed by atoms with E-state index < -0.39 is 29.5 Å². The number of carbonyl (C=O) groups is 3. The van der Waals surface area contributed by atoms with Crippen molar-refractivity contribution in [3.63, 3.8) is 0 Å². The number of phenols is 1. The van der Waals surface area contributed by atoms with Crippen LogP contribution in [0.25, 0.3) is 11.1 Å². The number of ketones is 1. The number of carbonyl (C=O) groups excluding carboxylic acids is 2. The van der Waals surface area contributed by atoms with Crippen molar-refractivity contribution in [2.45, 2.75) is 18.4 Å². The summed E-state index contributed by atoms with van der Waals surface area (Å²) in [5.74, 6) is -2.39. The molecule has 7 nitrogen and oxygen atoms in total. The van der Waals surface area contributed by atoms with Gasteiger partial charge in [-0.1, -0.05) is 67.2 Å². The largest absolute Gasteiger partial charge is 0.508 e. The number of aliphatic carboxylic acids is 1. The fourth-order valence-corrected chi connectivity index (χ4v) is 4.18. The van der Waals surface area contributed by atoms with Gasteiger partial charge in [0.2, 0.25) is 0 Å². The number of amides is 1. The predicted molar refractivity (Wildman–Crippen MR) is 126 cm³/mol. The minimum absolute atomic E-state index is 0.00953. The molecule has 172 valence electrons. The average molecular weight is 457 g/mol. The highest BCUT2D eigenvalue weighted by atomic mass is 16.5. The van der Waals surface area contributed by atoms with E-state index in [0.717, 1.165) is 22.3 Å². The Morgan fingerprint density at radius 2 is 1.47 bits per heavy atom. The number of nitrogens with one attached hydrogen (secondary N) is 1. The summed E-state index contributed by atoms with van der Waals surface area (Å²) >= 11 is 0. The molecular formula is C27H23NO6. The van der Waals surface area contributed by atoms with E-state index in [9.17, 15) is 24.6 Å². The van der Waals surface area contributed by atoms with Crippen LogP contribution < -0.4 is 5.32 Å². The predicted octanol–water partition coefficient (Wildman–Crippen LogP) is 4.05. The second-order valence-electron chi connectivity index (χ2n) is 8.04. The summed E-state index contributed by atoms with van der Waals surface area (Å²) in [5.41, 5.74) is 4.26. The molecule has 3 aromatic carbocycles. The standard InChI is InChI=1S/C27H23NO6/c1-16(26(31)32)25(30)24(14-17-10-12-18(29)13-11-17)28-27(33)34-15-23-21-8-4-2-6-19(21)20-7-3-5-9-22(20)23/h2-13,23-24,29H,1,14-15H2,(H,28,33)(H,31,32)/t24-/m0/s1. The van der Waals surface area contributed by atoms with Gasteiger partial charge in [0, 0.05) is 12.3 Å². The number of benzene rings is 3. The zero-order chi connectivity index (χ0) is 24.2. The number of rotatable bonds is 8. The Morgan fingerprint density at radius 1 is 0.912 bits per heavy atom. The van der Waals surface area contributed by atoms with Crippen LogP contribution in [-0.4, -0.2) is 40.7 Å². The van der Waals surface area contributed by atoms with Crippen molar-refractivity contribution in [3.05, 3.63) is 102 Å². The number of carboxylic acids is 1.